The summed E-state index contributed by atoms with van der Waals surface area (Å²) in [6.07, 6.45) is 10.7. The van der Waals surface area contributed by atoms with Gasteiger partial charge in [-0.2, -0.15) is 0 Å². The van der Waals surface area contributed by atoms with Crippen molar-refractivity contribution < 1.29 is 9.59 Å². The molecule has 0 amide bonds. The highest BCUT2D eigenvalue weighted by atomic mass is 32.2. The van der Waals surface area contributed by atoms with E-state index in [9.17, 15) is 9.59 Å². The molecule has 1 N–H and O–H groups in total. The van der Waals surface area contributed by atoms with Crippen LogP contribution in [-0.2, 0) is 22.6 Å². The lowest BCUT2D eigenvalue weighted by Crippen LogP contribution is -2.33. The number of aryl methyl sites for hydroxylation is 1. The van der Waals surface area contributed by atoms with Crippen LogP contribution in [0, 0.1) is 12.8 Å². The van der Waals surface area contributed by atoms with Crippen LogP contribution < -0.4 is 5.32 Å². The van der Waals surface area contributed by atoms with E-state index in [1.807, 2.05) is 12.3 Å². The number of Topliss-reactive ketones (excluding diaryl/α,β-unsaturated/α-hetero) is 1. The molecule has 2 fully saturated rings. The van der Waals surface area contributed by atoms with E-state index in [4.69, 9.17) is 0 Å². The highest BCUT2D eigenvalue weighted by molar-refractivity contribution is 8.18. The number of allylic oxidation sites excluding steroid dienone is 1. The van der Waals surface area contributed by atoms with Crippen molar-refractivity contribution in [2.45, 2.75) is 58.0 Å². The molecule has 8 heteroatoms. The van der Waals surface area contributed by atoms with Crippen molar-refractivity contribution in [3.8, 4) is 10.6 Å². The summed E-state index contributed by atoms with van der Waals surface area (Å²) in [6, 6.07) is 10.8. The molecule has 4 heterocycles. The molecule has 180 valence electrons. The van der Waals surface area contributed by atoms with Crippen LogP contribution in [0.1, 0.15) is 54.1 Å². The molecule has 1 aliphatic carbocycles. The summed E-state index contributed by atoms with van der Waals surface area (Å²) in [5.41, 5.74) is 3.03. The average Bonchev–Trinajstić information content (AvgIpc) is 3.43. The van der Waals surface area contributed by atoms with E-state index in [0.717, 1.165) is 61.9 Å². The van der Waals surface area contributed by atoms with Gasteiger partial charge in [0.05, 0.1) is 27.6 Å². The summed E-state index contributed by atoms with van der Waals surface area (Å²) < 4.78 is 0. The van der Waals surface area contributed by atoms with Gasteiger partial charge < -0.3 is 5.32 Å². The molecule has 0 spiro atoms. The Kier molecular flexibility index (Phi) is 7.51. The van der Waals surface area contributed by atoms with Crippen LogP contribution in [0.2, 0.25) is 0 Å². The smallest absolute Gasteiger partial charge is 0.201 e. The van der Waals surface area contributed by atoms with Crippen LogP contribution in [0.25, 0.3) is 16.6 Å². The van der Waals surface area contributed by atoms with Crippen molar-refractivity contribution in [3.63, 3.8) is 0 Å². The van der Waals surface area contributed by atoms with Crippen molar-refractivity contribution >= 4 is 40.1 Å². The van der Waals surface area contributed by atoms with Gasteiger partial charge in [-0.3, -0.25) is 14.6 Å². The molecule has 1 aliphatic heterocycles. The summed E-state index contributed by atoms with van der Waals surface area (Å²) in [7, 11) is 0. The fourth-order valence-corrected chi connectivity index (χ4v) is 6.43. The van der Waals surface area contributed by atoms with E-state index in [1.165, 1.54) is 15.3 Å². The van der Waals surface area contributed by atoms with Gasteiger partial charge in [-0.05, 0) is 86.2 Å². The van der Waals surface area contributed by atoms with E-state index < -0.39 is 0 Å². The molecular weight excluding hydrogens is 476 g/mol. The van der Waals surface area contributed by atoms with E-state index in [0.29, 0.717) is 22.6 Å². The van der Waals surface area contributed by atoms with E-state index >= 15 is 0 Å². The van der Waals surface area contributed by atoms with Crippen LogP contribution >= 0.6 is 23.1 Å². The second-order valence-corrected chi connectivity index (χ2v) is 11.6. The number of rotatable bonds is 7. The number of carbonyl (C=O) groups is 2. The molecule has 3 aromatic rings. The Morgan fingerprint density at radius 1 is 1.06 bits per heavy atom. The van der Waals surface area contributed by atoms with Crippen molar-refractivity contribution in [2.75, 3.05) is 0 Å². The standard InChI is InChI=1S/C27H28N4O2S2/c1-17-4-9-23(34-17)27-19(3-2-11-29-27)16-30-20-7-5-18(6-8-20)13-25-28-12-10-21(31-25)14-24-22(32)15-26(33)35-24/h2-4,9-12,14,18,20,30H,5-8,13,15-16H2,1H3/b24-14-. The lowest BCUT2D eigenvalue weighted by molar-refractivity contribution is -0.119. The first-order valence-corrected chi connectivity index (χ1v) is 13.7. The minimum absolute atomic E-state index is 0.0124. The first-order chi connectivity index (χ1) is 17.0. The molecule has 5 rings (SSSR count). The van der Waals surface area contributed by atoms with Gasteiger partial charge in [0.2, 0.25) is 5.12 Å². The number of aromatic nitrogens is 3. The molecule has 3 aromatic heterocycles. The third-order valence-corrected chi connectivity index (χ3v) is 8.52. The molecule has 0 radical (unpaired) electrons. The number of nitrogens with one attached hydrogen (secondary N) is 1. The number of hydrogen-bond acceptors (Lipinski definition) is 8. The van der Waals surface area contributed by atoms with Crippen LogP contribution in [0.3, 0.4) is 0 Å². The number of nitrogens with zero attached hydrogens (tertiary/aromatic N) is 3. The van der Waals surface area contributed by atoms with Crippen molar-refractivity contribution in [3.05, 3.63) is 69.6 Å². The van der Waals surface area contributed by atoms with Crippen LogP contribution in [0.5, 0.6) is 0 Å². The topological polar surface area (TPSA) is 84.8 Å². The Bertz CT molecular complexity index is 1260. The molecule has 0 aromatic carbocycles. The quantitative estimate of drug-likeness (QED) is 0.342. The molecule has 1 saturated carbocycles. The molecule has 0 atom stereocenters. The predicted molar refractivity (Wildman–Crippen MR) is 141 cm³/mol. The number of pyridine rings is 1. The zero-order valence-electron chi connectivity index (χ0n) is 19.7. The fraction of sp³-hybridized carbons (Fsp3) is 0.370. The Balaban J connectivity index is 1.14. The molecule has 6 nitrogen and oxygen atoms in total. The molecule has 35 heavy (non-hydrogen) atoms. The number of ketones is 1. The zero-order valence-corrected chi connectivity index (χ0v) is 21.3. The first kappa shape index (κ1) is 24.0. The Hall–Kier alpha value is -2.68. The van der Waals surface area contributed by atoms with Gasteiger partial charge in [0.15, 0.2) is 5.78 Å². The number of carbonyl (C=O) groups excluding carboxylic acids is 2. The van der Waals surface area contributed by atoms with Gasteiger partial charge in [0.1, 0.15) is 5.82 Å². The van der Waals surface area contributed by atoms with E-state index in [1.54, 1.807) is 29.7 Å². The third-order valence-electron chi connectivity index (χ3n) is 6.57. The van der Waals surface area contributed by atoms with Crippen LogP contribution in [0.4, 0.5) is 0 Å². The highest BCUT2D eigenvalue weighted by Gasteiger charge is 2.26. The van der Waals surface area contributed by atoms with Crippen molar-refractivity contribution in [1.29, 1.82) is 0 Å². The van der Waals surface area contributed by atoms with Crippen molar-refractivity contribution in [2.24, 2.45) is 5.92 Å². The van der Waals surface area contributed by atoms with E-state index in [-0.39, 0.29) is 17.3 Å². The van der Waals surface area contributed by atoms with Crippen molar-refractivity contribution in [1.82, 2.24) is 20.3 Å². The van der Waals surface area contributed by atoms with Crippen LogP contribution in [-0.4, -0.2) is 31.9 Å². The van der Waals surface area contributed by atoms with Gasteiger partial charge in [0.25, 0.3) is 0 Å². The minimum atomic E-state index is -0.116. The first-order valence-electron chi connectivity index (χ1n) is 12.0. The molecular formula is C27H28N4O2S2. The highest BCUT2D eigenvalue weighted by Crippen LogP contribution is 2.31. The molecule has 1 saturated heterocycles. The second-order valence-electron chi connectivity index (χ2n) is 9.20. The average molecular weight is 505 g/mol. The number of thioether (sulfide) groups is 1. The fourth-order valence-electron chi connectivity index (χ4n) is 4.72. The minimum Gasteiger partial charge on any atom is -0.310 e. The monoisotopic (exact) mass is 504 g/mol. The Morgan fingerprint density at radius 3 is 2.66 bits per heavy atom. The predicted octanol–water partition coefficient (Wildman–Crippen LogP) is 5.37. The largest absolute Gasteiger partial charge is 0.310 e. The number of thiophene rings is 1. The lowest BCUT2D eigenvalue weighted by atomic mass is 9.84. The Morgan fingerprint density at radius 2 is 1.91 bits per heavy atom. The third kappa shape index (κ3) is 6.12. The van der Waals surface area contributed by atoms with E-state index in [2.05, 4.69) is 45.4 Å². The summed E-state index contributed by atoms with van der Waals surface area (Å²) >= 11 is 2.80. The zero-order chi connectivity index (χ0) is 24.2. The molecule has 0 bridgehead atoms. The molecule has 0 unspecified atom stereocenters. The van der Waals surface area contributed by atoms with Gasteiger partial charge in [-0.15, -0.1) is 11.3 Å². The maximum atomic E-state index is 11.9. The summed E-state index contributed by atoms with van der Waals surface area (Å²) in [5, 5.41) is 3.67. The molecule has 2 aliphatic rings. The van der Waals surface area contributed by atoms with Gasteiger partial charge in [-0.25, -0.2) is 9.97 Å². The summed E-state index contributed by atoms with van der Waals surface area (Å²) in [5.74, 6) is 1.25. The van der Waals surface area contributed by atoms with Crippen LogP contribution in [0.15, 0.2) is 47.6 Å². The SMILES string of the molecule is Cc1ccc(-c2ncccc2CNC2CCC(Cc3nccc(/C=C4\SC(=O)CC4=O)n3)CC2)s1. The second kappa shape index (κ2) is 10.9. The van der Waals surface area contributed by atoms with Gasteiger partial charge in [-0.1, -0.05) is 6.07 Å². The summed E-state index contributed by atoms with van der Waals surface area (Å²) in [6.45, 7) is 2.96. The maximum Gasteiger partial charge on any atom is 0.201 e. The van der Waals surface area contributed by atoms with Gasteiger partial charge >= 0.3 is 0 Å². The number of hydrogen-bond donors (Lipinski definition) is 1. The lowest BCUT2D eigenvalue weighted by Gasteiger charge is -2.29. The summed E-state index contributed by atoms with van der Waals surface area (Å²) in [4.78, 5) is 40.1. The maximum absolute atomic E-state index is 11.9. The van der Waals surface area contributed by atoms with Gasteiger partial charge in [0, 0.05) is 36.3 Å². The normalized spacial score (nSPS) is 21.7. The Labute approximate surface area is 213 Å².